The Morgan fingerprint density at radius 1 is 0.833 bits per heavy atom. The van der Waals surface area contributed by atoms with Crippen molar-refractivity contribution < 1.29 is 14.4 Å². The Morgan fingerprint density at radius 2 is 1.43 bits per heavy atom. The third kappa shape index (κ3) is 2.09. The number of para-hydroxylation sites is 2. The van der Waals surface area contributed by atoms with Crippen molar-refractivity contribution in [3.05, 3.63) is 102 Å². The molecule has 1 unspecified atom stereocenters. The highest BCUT2D eigenvalue weighted by molar-refractivity contribution is 6.34. The summed E-state index contributed by atoms with van der Waals surface area (Å²) in [6.07, 6.45) is 0. The molecule has 0 aliphatic carbocycles. The van der Waals surface area contributed by atoms with Crippen molar-refractivity contribution in [2.24, 2.45) is 0 Å². The summed E-state index contributed by atoms with van der Waals surface area (Å²) in [6.45, 7) is 5.68. The van der Waals surface area contributed by atoms with Crippen LogP contribution < -0.4 is 9.80 Å². The number of hydrogen-bond donors (Lipinski definition) is 0. The van der Waals surface area contributed by atoms with Crippen molar-refractivity contribution in [3.8, 4) is 0 Å². The summed E-state index contributed by atoms with van der Waals surface area (Å²) >= 11 is 0. The fourth-order valence-corrected chi connectivity index (χ4v) is 4.63. The highest BCUT2D eigenvalue weighted by Crippen LogP contribution is 2.55. The van der Waals surface area contributed by atoms with E-state index in [0.29, 0.717) is 28.1 Å². The van der Waals surface area contributed by atoms with Crippen molar-refractivity contribution in [1.29, 1.82) is 0 Å². The van der Waals surface area contributed by atoms with Gasteiger partial charge in [0.05, 0.1) is 11.4 Å². The van der Waals surface area contributed by atoms with Gasteiger partial charge in [-0.05, 0) is 29.8 Å². The van der Waals surface area contributed by atoms with Crippen LogP contribution in [0.3, 0.4) is 0 Å². The molecule has 0 radical (unpaired) electrons. The van der Waals surface area contributed by atoms with Crippen LogP contribution in [-0.4, -0.2) is 17.7 Å². The summed E-state index contributed by atoms with van der Waals surface area (Å²) in [4.78, 5) is 43.1. The maximum absolute atomic E-state index is 14.2. The van der Waals surface area contributed by atoms with Crippen LogP contribution >= 0.6 is 0 Å². The van der Waals surface area contributed by atoms with Crippen molar-refractivity contribution in [2.75, 3.05) is 9.80 Å². The Labute approximate surface area is 173 Å². The van der Waals surface area contributed by atoms with Gasteiger partial charge in [0.2, 0.25) is 5.91 Å². The van der Waals surface area contributed by atoms with Gasteiger partial charge in [-0.1, -0.05) is 61.2 Å². The average molecular weight is 394 g/mol. The van der Waals surface area contributed by atoms with Crippen LogP contribution in [-0.2, 0) is 15.1 Å². The number of carbonyl (C=O) groups is 3. The van der Waals surface area contributed by atoms with E-state index in [1.165, 1.54) is 11.8 Å². The minimum absolute atomic E-state index is 0.299. The van der Waals surface area contributed by atoms with Crippen LogP contribution in [0.5, 0.6) is 0 Å². The second kappa shape index (κ2) is 6.26. The molecule has 30 heavy (non-hydrogen) atoms. The zero-order valence-corrected chi connectivity index (χ0v) is 16.3. The summed E-state index contributed by atoms with van der Waals surface area (Å²) in [6, 6.07) is 23.0. The van der Waals surface area contributed by atoms with E-state index in [9.17, 15) is 14.4 Å². The lowest BCUT2D eigenvalue weighted by Crippen LogP contribution is -2.62. The number of rotatable bonds is 1. The molecule has 3 amide bonds. The van der Waals surface area contributed by atoms with E-state index in [-0.39, 0.29) is 5.91 Å². The van der Waals surface area contributed by atoms with Gasteiger partial charge in [-0.25, -0.2) is 4.90 Å². The molecule has 2 aliphatic rings. The highest BCUT2D eigenvalue weighted by Gasteiger charge is 2.61. The van der Waals surface area contributed by atoms with Gasteiger partial charge in [0.1, 0.15) is 0 Å². The second-order valence-electron chi connectivity index (χ2n) is 7.39. The van der Waals surface area contributed by atoms with Gasteiger partial charge in [0, 0.05) is 23.6 Å². The van der Waals surface area contributed by atoms with E-state index in [0.717, 1.165) is 10.5 Å². The molecule has 1 spiro atoms. The number of anilines is 2. The molecular formula is C25H18N2O3. The molecule has 3 aromatic carbocycles. The highest BCUT2D eigenvalue weighted by atomic mass is 16.2. The van der Waals surface area contributed by atoms with Crippen LogP contribution in [0.1, 0.15) is 28.4 Å². The summed E-state index contributed by atoms with van der Waals surface area (Å²) in [7, 11) is 0. The molecule has 0 saturated carbocycles. The van der Waals surface area contributed by atoms with E-state index < -0.39 is 17.4 Å². The molecule has 0 N–H and O–H groups in total. The third-order valence-electron chi connectivity index (χ3n) is 5.83. The van der Waals surface area contributed by atoms with Gasteiger partial charge in [0.25, 0.3) is 11.8 Å². The molecule has 146 valence electrons. The molecule has 2 heterocycles. The number of fused-ring (bicyclic) bond motifs is 3. The largest absolute Gasteiger partial charge is 0.288 e. The lowest BCUT2D eigenvalue weighted by molar-refractivity contribution is -0.126. The first-order valence-electron chi connectivity index (χ1n) is 9.62. The standard InChI is InChI=1S/C25H18N2O3/c1-16-19-12-7-9-15-22(19)27(17(2)28)25(16)21-14-8-6-13-20(21)23(29)26(24(25)30)18-10-4-3-5-11-18/h3-15H,1H2,2H3. The number of nitrogens with zero attached hydrogens (tertiary/aromatic N) is 2. The van der Waals surface area contributed by atoms with Crippen LogP contribution in [0.15, 0.2) is 85.4 Å². The van der Waals surface area contributed by atoms with E-state index >= 15 is 0 Å². The molecule has 5 nitrogen and oxygen atoms in total. The maximum atomic E-state index is 14.2. The Bertz CT molecular complexity index is 1250. The normalized spacial score (nSPS) is 19.8. The Kier molecular flexibility index (Phi) is 3.77. The fourth-order valence-electron chi connectivity index (χ4n) is 4.63. The Morgan fingerprint density at radius 3 is 2.13 bits per heavy atom. The van der Waals surface area contributed by atoms with Gasteiger partial charge in [0.15, 0.2) is 5.54 Å². The predicted molar refractivity (Wildman–Crippen MR) is 115 cm³/mol. The first kappa shape index (κ1) is 18.1. The number of amides is 3. The molecule has 0 fully saturated rings. The predicted octanol–water partition coefficient (Wildman–Crippen LogP) is 4.15. The summed E-state index contributed by atoms with van der Waals surface area (Å²) in [5.41, 5.74) is 1.60. The number of carbonyl (C=O) groups excluding carboxylic acids is 3. The molecule has 5 rings (SSSR count). The fraction of sp³-hybridized carbons (Fsp3) is 0.0800. The lowest BCUT2D eigenvalue weighted by Gasteiger charge is -2.44. The van der Waals surface area contributed by atoms with Crippen LogP contribution in [0.25, 0.3) is 5.57 Å². The summed E-state index contributed by atoms with van der Waals surface area (Å²) < 4.78 is 0. The molecule has 1 atom stereocenters. The van der Waals surface area contributed by atoms with Gasteiger partial charge < -0.3 is 0 Å². The van der Waals surface area contributed by atoms with Crippen LogP contribution in [0.2, 0.25) is 0 Å². The lowest BCUT2D eigenvalue weighted by atomic mass is 9.75. The first-order valence-corrected chi connectivity index (χ1v) is 9.62. The minimum Gasteiger partial charge on any atom is -0.288 e. The Balaban J connectivity index is 1.88. The maximum Gasteiger partial charge on any atom is 0.269 e. The molecule has 0 saturated heterocycles. The smallest absolute Gasteiger partial charge is 0.269 e. The van der Waals surface area contributed by atoms with Gasteiger partial charge in [-0.3, -0.25) is 19.3 Å². The van der Waals surface area contributed by atoms with Crippen LogP contribution in [0, 0.1) is 0 Å². The van der Waals surface area contributed by atoms with Crippen molar-refractivity contribution >= 4 is 34.7 Å². The molecule has 0 aromatic heterocycles. The monoisotopic (exact) mass is 394 g/mol. The van der Waals surface area contributed by atoms with Gasteiger partial charge in [-0.2, -0.15) is 0 Å². The quantitative estimate of drug-likeness (QED) is 0.583. The second-order valence-corrected chi connectivity index (χ2v) is 7.39. The number of hydrogen-bond acceptors (Lipinski definition) is 3. The SMILES string of the molecule is C=C1c2ccccc2N(C(C)=O)C12C(=O)N(c1ccccc1)C(=O)c1ccccc12. The van der Waals surface area contributed by atoms with E-state index in [2.05, 4.69) is 6.58 Å². The van der Waals surface area contributed by atoms with E-state index in [4.69, 9.17) is 0 Å². The first-order chi connectivity index (χ1) is 14.5. The molecule has 3 aromatic rings. The molecule has 0 bridgehead atoms. The van der Waals surface area contributed by atoms with Crippen LogP contribution in [0.4, 0.5) is 11.4 Å². The van der Waals surface area contributed by atoms with E-state index in [1.54, 1.807) is 54.6 Å². The summed E-state index contributed by atoms with van der Waals surface area (Å²) in [5, 5.41) is 0. The number of benzene rings is 3. The third-order valence-corrected chi connectivity index (χ3v) is 5.83. The zero-order chi connectivity index (χ0) is 21.0. The molecule has 2 aliphatic heterocycles. The number of imide groups is 1. The molecule has 5 heteroatoms. The van der Waals surface area contributed by atoms with Crippen molar-refractivity contribution in [2.45, 2.75) is 12.5 Å². The van der Waals surface area contributed by atoms with E-state index in [1.807, 2.05) is 24.3 Å². The average Bonchev–Trinajstić information content (AvgIpc) is 3.03. The zero-order valence-electron chi connectivity index (χ0n) is 16.3. The van der Waals surface area contributed by atoms with Crippen molar-refractivity contribution in [3.63, 3.8) is 0 Å². The molecular weight excluding hydrogens is 376 g/mol. The van der Waals surface area contributed by atoms with Crippen molar-refractivity contribution in [1.82, 2.24) is 0 Å². The Hall–Kier alpha value is -3.99. The van der Waals surface area contributed by atoms with Gasteiger partial charge >= 0.3 is 0 Å². The summed E-state index contributed by atoms with van der Waals surface area (Å²) in [5.74, 6) is -1.22. The minimum atomic E-state index is -1.52. The van der Waals surface area contributed by atoms with Gasteiger partial charge in [-0.15, -0.1) is 0 Å². The topological polar surface area (TPSA) is 57.7 Å².